The fourth-order valence-electron chi connectivity index (χ4n) is 2.27. The molecule has 164 valence electrons. The van der Waals surface area contributed by atoms with Gasteiger partial charge in [0.05, 0.1) is 66.1 Å². The molecule has 0 aromatic carbocycles. The van der Waals surface area contributed by atoms with Crippen molar-refractivity contribution in [2.45, 2.75) is 58.7 Å². The lowest BCUT2D eigenvalue weighted by Crippen LogP contribution is -2.17. The predicted molar refractivity (Wildman–Crippen MR) is 105 cm³/mol. The Bertz CT molecular complexity index is 267. The largest absolute Gasteiger partial charge is 0.379 e. The maximum absolute atomic E-state index is 9.69. The Morgan fingerprint density at radius 1 is 0.556 bits per heavy atom. The molecule has 0 spiro atoms. The highest BCUT2D eigenvalue weighted by atomic mass is 16.6. The fraction of sp³-hybridized carbons (Fsp3) is 1.00. The van der Waals surface area contributed by atoms with E-state index in [0.717, 1.165) is 19.4 Å². The first kappa shape index (κ1) is 26.7. The lowest BCUT2D eigenvalue weighted by molar-refractivity contribution is -0.118. The van der Waals surface area contributed by atoms with Crippen LogP contribution in [-0.4, -0.2) is 84.1 Å². The zero-order valence-electron chi connectivity index (χ0n) is 17.5. The van der Waals surface area contributed by atoms with Crippen LogP contribution in [0.2, 0.25) is 0 Å². The third-order valence-corrected chi connectivity index (χ3v) is 3.78. The molecule has 0 amide bonds. The van der Waals surface area contributed by atoms with Crippen molar-refractivity contribution in [1.82, 2.24) is 0 Å². The highest BCUT2D eigenvalue weighted by molar-refractivity contribution is 4.47. The molecule has 0 aliphatic carbocycles. The first-order valence-electron chi connectivity index (χ1n) is 10.5. The van der Waals surface area contributed by atoms with E-state index in [4.69, 9.17) is 28.4 Å². The molecule has 0 heterocycles. The minimum Gasteiger partial charge on any atom is -0.379 e. The molecule has 1 unspecified atom stereocenters. The van der Waals surface area contributed by atoms with Crippen molar-refractivity contribution >= 4 is 0 Å². The van der Waals surface area contributed by atoms with Gasteiger partial charge in [-0.2, -0.15) is 0 Å². The number of rotatable bonds is 23. The molecular weight excluding hydrogens is 352 g/mol. The average Bonchev–Trinajstić information content (AvgIpc) is 2.67. The van der Waals surface area contributed by atoms with Gasteiger partial charge in [-0.05, 0) is 19.8 Å². The molecule has 0 aliphatic heterocycles. The molecule has 1 atom stereocenters. The summed E-state index contributed by atoms with van der Waals surface area (Å²) in [4.78, 5) is 0. The van der Waals surface area contributed by atoms with Gasteiger partial charge < -0.3 is 33.5 Å². The predicted octanol–water partition coefficient (Wildman–Crippen LogP) is 2.78. The van der Waals surface area contributed by atoms with E-state index in [9.17, 15) is 5.11 Å². The zero-order valence-corrected chi connectivity index (χ0v) is 17.5. The number of hydrogen-bond donors (Lipinski definition) is 1. The van der Waals surface area contributed by atoms with Gasteiger partial charge in [0.25, 0.3) is 0 Å². The van der Waals surface area contributed by atoms with Crippen LogP contribution in [-0.2, 0) is 28.4 Å². The molecular formula is C20H42O7. The van der Waals surface area contributed by atoms with Gasteiger partial charge in [-0.1, -0.05) is 32.6 Å². The zero-order chi connectivity index (χ0) is 19.8. The summed E-state index contributed by atoms with van der Waals surface area (Å²) in [6, 6.07) is 0. The van der Waals surface area contributed by atoms with Gasteiger partial charge in [0.1, 0.15) is 0 Å². The number of unbranched alkanes of at least 4 members (excludes halogenated alkanes) is 4. The quantitative estimate of drug-likeness (QED) is 0.211. The van der Waals surface area contributed by atoms with Crippen molar-refractivity contribution in [1.29, 1.82) is 0 Å². The van der Waals surface area contributed by atoms with Crippen LogP contribution in [0.3, 0.4) is 0 Å². The third kappa shape index (κ3) is 23.7. The Labute approximate surface area is 165 Å². The topological polar surface area (TPSA) is 75.6 Å². The van der Waals surface area contributed by atoms with E-state index in [1.165, 1.54) is 19.3 Å². The number of aliphatic hydroxyl groups is 1. The van der Waals surface area contributed by atoms with Crippen molar-refractivity contribution in [3.8, 4) is 0 Å². The van der Waals surface area contributed by atoms with Gasteiger partial charge in [-0.25, -0.2) is 0 Å². The number of ether oxygens (including phenoxy) is 6. The van der Waals surface area contributed by atoms with E-state index in [0.29, 0.717) is 72.5 Å². The summed E-state index contributed by atoms with van der Waals surface area (Å²) in [5.74, 6) is 0. The highest BCUT2D eigenvalue weighted by Gasteiger charge is 2.03. The fourth-order valence-corrected chi connectivity index (χ4v) is 2.27. The first-order valence-corrected chi connectivity index (χ1v) is 10.5. The summed E-state index contributed by atoms with van der Waals surface area (Å²) in [6.45, 7) is 10.2. The summed E-state index contributed by atoms with van der Waals surface area (Å²) in [5.41, 5.74) is 0. The van der Waals surface area contributed by atoms with Crippen LogP contribution in [0.5, 0.6) is 0 Å². The molecule has 0 bridgehead atoms. The van der Waals surface area contributed by atoms with Crippen LogP contribution in [0, 0.1) is 0 Å². The molecule has 7 heteroatoms. The lowest BCUT2D eigenvalue weighted by atomic mass is 10.1. The summed E-state index contributed by atoms with van der Waals surface area (Å²) >= 11 is 0. The van der Waals surface area contributed by atoms with Gasteiger partial charge in [-0.3, -0.25) is 0 Å². The Hall–Kier alpha value is -0.280. The molecule has 27 heavy (non-hydrogen) atoms. The molecule has 7 nitrogen and oxygen atoms in total. The van der Waals surface area contributed by atoms with Crippen LogP contribution in [0.1, 0.15) is 52.4 Å². The molecule has 0 aromatic heterocycles. The standard InChI is InChI=1S/C20H42O7/c1-3-5-6-7-8-9-20(21)27-19-18-26-17-16-25-15-14-24-13-12-23-11-10-22-4-2/h20-21H,3-19H2,1-2H3. The Kier molecular flexibility index (Phi) is 23.5. The van der Waals surface area contributed by atoms with Gasteiger partial charge in [0.15, 0.2) is 6.29 Å². The minimum absolute atomic E-state index is 0.405. The van der Waals surface area contributed by atoms with Gasteiger partial charge in [0.2, 0.25) is 0 Å². The summed E-state index contributed by atoms with van der Waals surface area (Å²) in [7, 11) is 0. The molecule has 0 rings (SSSR count). The van der Waals surface area contributed by atoms with E-state index in [1.807, 2.05) is 6.92 Å². The van der Waals surface area contributed by atoms with E-state index in [1.54, 1.807) is 0 Å². The number of aliphatic hydroxyl groups excluding tert-OH is 1. The molecule has 1 N–H and O–H groups in total. The normalized spacial score (nSPS) is 12.6. The second kappa shape index (κ2) is 23.8. The molecule has 0 radical (unpaired) electrons. The summed E-state index contributed by atoms with van der Waals surface area (Å²) in [5, 5.41) is 9.69. The molecule has 0 aliphatic rings. The monoisotopic (exact) mass is 394 g/mol. The van der Waals surface area contributed by atoms with Gasteiger partial charge in [0, 0.05) is 6.61 Å². The van der Waals surface area contributed by atoms with Crippen molar-refractivity contribution in [2.75, 3.05) is 72.7 Å². The van der Waals surface area contributed by atoms with Crippen LogP contribution < -0.4 is 0 Å². The van der Waals surface area contributed by atoms with Gasteiger partial charge in [-0.15, -0.1) is 0 Å². The highest BCUT2D eigenvalue weighted by Crippen LogP contribution is 2.07. The first-order chi connectivity index (χ1) is 13.3. The van der Waals surface area contributed by atoms with E-state index < -0.39 is 6.29 Å². The molecule has 0 saturated heterocycles. The van der Waals surface area contributed by atoms with Crippen LogP contribution in [0.4, 0.5) is 0 Å². The Balaban J connectivity index is 3.08. The molecule has 0 saturated carbocycles. The van der Waals surface area contributed by atoms with Crippen molar-refractivity contribution < 1.29 is 33.5 Å². The Morgan fingerprint density at radius 2 is 1.00 bits per heavy atom. The lowest BCUT2D eigenvalue weighted by Gasteiger charge is -2.12. The third-order valence-electron chi connectivity index (χ3n) is 3.78. The molecule has 0 fully saturated rings. The second-order valence-electron chi connectivity index (χ2n) is 6.17. The summed E-state index contributed by atoms with van der Waals surface area (Å²) in [6.07, 6.45) is 5.93. The molecule has 0 aromatic rings. The second-order valence-corrected chi connectivity index (χ2v) is 6.17. The van der Waals surface area contributed by atoms with E-state index in [2.05, 4.69) is 6.92 Å². The minimum atomic E-state index is -0.674. The maximum atomic E-state index is 9.69. The smallest absolute Gasteiger partial charge is 0.154 e. The maximum Gasteiger partial charge on any atom is 0.154 e. The van der Waals surface area contributed by atoms with Crippen LogP contribution in [0.25, 0.3) is 0 Å². The Morgan fingerprint density at radius 3 is 1.48 bits per heavy atom. The SMILES string of the molecule is CCCCCCCC(O)OCCOCCOCCOCCOCCOCC. The van der Waals surface area contributed by atoms with E-state index in [-0.39, 0.29) is 0 Å². The van der Waals surface area contributed by atoms with Crippen LogP contribution >= 0.6 is 0 Å². The van der Waals surface area contributed by atoms with Crippen molar-refractivity contribution in [2.24, 2.45) is 0 Å². The van der Waals surface area contributed by atoms with Crippen molar-refractivity contribution in [3.05, 3.63) is 0 Å². The van der Waals surface area contributed by atoms with Crippen LogP contribution in [0.15, 0.2) is 0 Å². The summed E-state index contributed by atoms with van der Waals surface area (Å²) < 4.78 is 32.0. The van der Waals surface area contributed by atoms with E-state index >= 15 is 0 Å². The van der Waals surface area contributed by atoms with Gasteiger partial charge >= 0.3 is 0 Å². The average molecular weight is 395 g/mol. The van der Waals surface area contributed by atoms with Crippen molar-refractivity contribution in [3.63, 3.8) is 0 Å². The number of hydrogen-bond acceptors (Lipinski definition) is 7.